The number of fused-ring (bicyclic) bond motifs is 6. The Kier molecular flexibility index (Phi) is 37.5. The summed E-state index contributed by atoms with van der Waals surface area (Å²) >= 11 is 0. The van der Waals surface area contributed by atoms with Crippen molar-refractivity contribution in [2.24, 2.45) is 17.2 Å². The topological polar surface area (TPSA) is 243 Å². The number of Topliss-reactive ketones (excluding diaryl/α,β-unsaturated/α-hetero) is 1. The monoisotopic (exact) mass is 1510 g/mol. The van der Waals surface area contributed by atoms with Crippen molar-refractivity contribution in [3.05, 3.63) is 155 Å². The molecule has 2 aliphatic heterocycles. The van der Waals surface area contributed by atoms with Crippen molar-refractivity contribution in [1.82, 2.24) is 0 Å². The molecule has 2 saturated heterocycles. The first-order chi connectivity index (χ1) is 51.5. The summed E-state index contributed by atoms with van der Waals surface area (Å²) < 4.78 is 71.1. The quantitative estimate of drug-likeness (QED) is 0.0205. The lowest BCUT2D eigenvalue weighted by Gasteiger charge is -2.33. The van der Waals surface area contributed by atoms with Crippen LogP contribution in [-0.4, -0.2) is 181 Å². The molecule has 4 aliphatic rings. The van der Waals surface area contributed by atoms with Crippen molar-refractivity contribution in [1.29, 1.82) is 0 Å². The Bertz CT molecular complexity index is 3660. The summed E-state index contributed by atoms with van der Waals surface area (Å²) in [5, 5.41) is 9.05. The Labute approximate surface area is 656 Å². The number of hydrogen-bond acceptors (Lipinski definition) is 17. The predicted molar refractivity (Wildman–Crippen MR) is 446 cm³/mol. The highest BCUT2D eigenvalue weighted by molar-refractivity contribution is 6.62. The van der Waals surface area contributed by atoms with Gasteiger partial charge in [0.05, 0.1) is 75.3 Å². The molecule has 2 aliphatic carbocycles. The number of carboxylic acids is 1. The third-order valence-corrected chi connectivity index (χ3v) is 22.3. The fourth-order valence-electron chi connectivity index (χ4n) is 14.9. The first-order valence-electron chi connectivity index (χ1n) is 39.1. The van der Waals surface area contributed by atoms with Gasteiger partial charge in [-0.2, -0.15) is 0 Å². The molecule has 0 unspecified atom stereocenters. The Balaban J connectivity index is 0.000000366. The molecule has 7 N–H and O–H groups in total. The molecule has 6 aromatic rings. The number of hydrogen-bond donors (Lipinski definition) is 4. The zero-order valence-corrected chi connectivity index (χ0v) is 66.5. The van der Waals surface area contributed by atoms with Gasteiger partial charge < -0.3 is 78.8 Å². The minimum absolute atomic E-state index is 0. The van der Waals surface area contributed by atoms with Crippen molar-refractivity contribution in [2.45, 2.75) is 206 Å². The lowest BCUT2D eigenvalue weighted by molar-refractivity contribution is -0.137. The van der Waals surface area contributed by atoms with Crippen molar-refractivity contribution >= 4 is 36.9 Å². The summed E-state index contributed by atoms with van der Waals surface area (Å²) in [6.45, 7) is 25.8. The highest BCUT2D eigenvalue weighted by Crippen LogP contribution is 2.57. The molecule has 0 spiro atoms. The summed E-state index contributed by atoms with van der Waals surface area (Å²) in [6.07, 6.45) is 12.6. The second-order valence-corrected chi connectivity index (χ2v) is 30.8. The summed E-state index contributed by atoms with van der Waals surface area (Å²) in [6, 6.07) is 44.9. The number of ketones is 1. The van der Waals surface area contributed by atoms with Crippen LogP contribution in [0, 0.1) is 0 Å². The Morgan fingerprint density at radius 2 is 0.661 bits per heavy atom. The molecule has 0 atom stereocenters. The van der Waals surface area contributed by atoms with Crippen LogP contribution in [0.25, 0.3) is 44.5 Å². The summed E-state index contributed by atoms with van der Waals surface area (Å²) in [4.78, 5) is 23.2. The van der Waals surface area contributed by atoms with Crippen LogP contribution in [-0.2, 0) is 89.8 Å². The summed E-state index contributed by atoms with van der Waals surface area (Å²) in [5.41, 5.74) is 32.7. The van der Waals surface area contributed by atoms with E-state index in [4.69, 9.17) is 78.8 Å². The van der Waals surface area contributed by atoms with E-state index in [1.165, 1.54) is 61.2 Å². The molecular formula is C89H135B2N3O15. The summed E-state index contributed by atoms with van der Waals surface area (Å²) in [5.74, 6) is -0.448. The minimum Gasteiger partial charge on any atom is -0.481 e. The number of carbonyl (C=O) groups is 2. The maximum absolute atomic E-state index is 12.2. The zero-order valence-electron chi connectivity index (χ0n) is 66.5. The Morgan fingerprint density at radius 1 is 0.367 bits per heavy atom. The van der Waals surface area contributed by atoms with Gasteiger partial charge in [-0.05, 0) is 246 Å². The number of nitrogens with two attached hydrogens (primary N) is 3. The van der Waals surface area contributed by atoms with E-state index in [9.17, 15) is 9.59 Å². The second kappa shape index (κ2) is 44.4. The van der Waals surface area contributed by atoms with Crippen LogP contribution in [0.5, 0.6) is 0 Å². The van der Waals surface area contributed by atoms with Crippen LogP contribution in [0.4, 0.5) is 0 Å². The number of aryl methyl sites for hydroxylation is 2. The average Bonchev–Trinajstić information content (AvgIpc) is 1.57. The van der Waals surface area contributed by atoms with Crippen molar-refractivity contribution in [3.63, 3.8) is 0 Å². The Hall–Kier alpha value is -6.01. The van der Waals surface area contributed by atoms with Gasteiger partial charge in [0.15, 0.2) is 0 Å². The van der Waals surface area contributed by atoms with E-state index in [1.54, 1.807) is 28.4 Å². The molecule has 2 heterocycles. The highest BCUT2D eigenvalue weighted by Gasteiger charge is 2.54. The molecule has 10 rings (SSSR count). The molecule has 602 valence electrons. The SMILES string of the molecule is C.C.COCCOCCCC1(CCCOCCOC)c2cc(B3OC(C)(C)C(C)(C)O3)ccc2-c2ccc(-c3ccc(CCCC(=O)CCCN)cc3)cc21.COCCOCCCC1(CCCOCCOC)c2cc(B3OC(C)(C)C(C)(C)O3)ccc2-c2ccc(-c3ccc(CCCC(=O)O)cc3)cc21.NCCN.[2HH]. The summed E-state index contributed by atoms with van der Waals surface area (Å²) in [7, 11) is 5.90. The van der Waals surface area contributed by atoms with E-state index >= 15 is 0 Å². The number of rotatable bonds is 44. The van der Waals surface area contributed by atoms with Crippen LogP contribution < -0.4 is 28.1 Å². The van der Waals surface area contributed by atoms with Crippen molar-refractivity contribution in [3.8, 4) is 44.5 Å². The van der Waals surface area contributed by atoms with Gasteiger partial charge in [-0.3, -0.25) is 9.59 Å². The van der Waals surface area contributed by atoms with Gasteiger partial charge in [-0.15, -0.1) is 0 Å². The van der Waals surface area contributed by atoms with Crippen molar-refractivity contribution in [2.75, 3.05) is 127 Å². The maximum Gasteiger partial charge on any atom is 0.494 e. The first-order valence-corrected chi connectivity index (χ1v) is 39.1. The molecule has 109 heavy (non-hydrogen) atoms. The lowest BCUT2D eigenvalue weighted by Crippen LogP contribution is -2.41. The van der Waals surface area contributed by atoms with Gasteiger partial charge >= 0.3 is 20.2 Å². The molecule has 20 heteroatoms. The zero-order chi connectivity index (χ0) is 77.1. The molecule has 6 aromatic carbocycles. The van der Waals surface area contributed by atoms with Crippen LogP contribution >= 0.6 is 0 Å². The number of ether oxygens (including phenoxy) is 8. The number of aliphatic carboxylic acids is 1. The largest absolute Gasteiger partial charge is 0.494 e. The molecule has 0 bridgehead atoms. The van der Waals surface area contributed by atoms with Gasteiger partial charge in [0.2, 0.25) is 0 Å². The van der Waals surface area contributed by atoms with Crippen LogP contribution in [0.3, 0.4) is 0 Å². The van der Waals surface area contributed by atoms with Crippen LogP contribution in [0.15, 0.2) is 121 Å². The minimum atomic E-state index is -0.754. The first kappa shape index (κ1) is 91.9. The van der Waals surface area contributed by atoms with Crippen LogP contribution in [0.2, 0.25) is 0 Å². The third-order valence-electron chi connectivity index (χ3n) is 22.3. The van der Waals surface area contributed by atoms with Gasteiger partial charge in [0, 0.05) is 99.5 Å². The average molecular weight is 1510 g/mol. The molecule has 0 saturated carbocycles. The maximum atomic E-state index is 12.2. The van der Waals surface area contributed by atoms with E-state index < -0.39 is 42.6 Å². The van der Waals surface area contributed by atoms with E-state index in [0.29, 0.717) is 124 Å². The fraction of sp³-hybridized carbons (Fsp3) is 0.573. The highest BCUT2D eigenvalue weighted by atomic mass is 16.7. The number of carbonyl (C=O) groups excluding carboxylic acids is 1. The third kappa shape index (κ3) is 24.3. The van der Waals surface area contributed by atoms with Gasteiger partial charge in [0.25, 0.3) is 0 Å². The van der Waals surface area contributed by atoms with E-state index in [1.807, 2.05) is 0 Å². The molecule has 2 fully saturated rings. The molecule has 0 aromatic heterocycles. The smallest absolute Gasteiger partial charge is 0.481 e. The number of methoxy groups -OCH3 is 4. The lowest BCUT2D eigenvalue weighted by atomic mass is 9.69. The fourth-order valence-corrected chi connectivity index (χ4v) is 14.9. The number of carboxylic acid groups (broad SMARTS) is 1. The Morgan fingerprint density at radius 3 is 0.963 bits per heavy atom. The van der Waals surface area contributed by atoms with Crippen LogP contribution in [0.1, 0.15) is 195 Å². The van der Waals surface area contributed by atoms with Gasteiger partial charge in [-0.25, -0.2) is 0 Å². The molecule has 0 amide bonds. The van der Waals surface area contributed by atoms with Gasteiger partial charge in [-0.1, -0.05) is 124 Å². The molecule has 18 nitrogen and oxygen atoms in total. The normalized spacial score (nSPS) is 16.0. The second-order valence-electron chi connectivity index (χ2n) is 30.8. The molecule has 0 radical (unpaired) electrons. The van der Waals surface area contributed by atoms with Gasteiger partial charge in [0.1, 0.15) is 5.78 Å². The standard InChI is InChI=1S/C44H62BNO7.C41H55BO8.C2H8N2.2CH4.H2/c1-42(2)43(3,4)53-45(52-42)36-19-21-39-38-20-18-35(34-16-14-33(15-17-34)11-7-12-37(47)13-8-24-46)31-40(38)44(41(39)32-36,22-9-25-50-29-27-48-5)23-10-26-51-30-28-49-6;1-39(2)40(3,4)50-42(49-39)33-17-19-35-34-18-16-32(31-14-12-30(13-15-31)10-7-11-38(43)44)28-36(34)41(37(35)29-33,20-8-22-47-26-24-45-5)21-9-23-48-27-25-46-6;3-1-2-4;;;/h14-21,31-32H,7-13,22-30,46H2,1-6H3;12-19,28-29H,7-11,20-27H2,1-6H3,(H,43,44);1-4H2;2*1H4;1H/i;;;;;1+1. The number of benzene rings is 6. The molecular weight excluding hydrogens is 1370 g/mol. The van der Waals surface area contributed by atoms with Crippen molar-refractivity contribution < 1.29 is 72.6 Å². The van der Waals surface area contributed by atoms with E-state index in [0.717, 1.165) is 105 Å². The van der Waals surface area contributed by atoms with E-state index in [-0.39, 0.29) is 33.5 Å². The van der Waals surface area contributed by atoms with E-state index in [2.05, 4.69) is 177 Å². The predicted octanol–water partition coefficient (Wildman–Crippen LogP) is 15.1.